The van der Waals surface area contributed by atoms with Crippen LogP contribution in [0.4, 0.5) is 0 Å². The summed E-state index contributed by atoms with van der Waals surface area (Å²) < 4.78 is 24.9. The van der Waals surface area contributed by atoms with Gasteiger partial charge >= 0.3 is 0 Å². The molecule has 12 heteroatoms. The highest BCUT2D eigenvalue weighted by atomic mass is 32.1. The van der Waals surface area contributed by atoms with E-state index in [2.05, 4.69) is 46.5 Å². The molecule has 7 aromatic rings. The topological polar surface area (TPSA) is 110 Å². The first-order valence-electron chi connectivity index (χ1n) is 15.1. The van der Waals surface area contributed by atoms with E-state index >= 15 is 0 Å². The van der Waals surface area contributed by atoms with Gasteiger partial charge in [0.05, 0.1) is 45.4 Å². The Labute approximate surface area is 287 Å². The van der Waals surface area contributed by atoms with Crippen LogP contribution in [0.2, 0.25) is 0 Å². The molecule has 0 aliphatic carbocycles. The van der Waals surface area contributed by atoms with Crippen LogP contribution in [0.15, 0.2) is 78.4 Å². The van der Waals surface area contributed by atoms with Crippen molar-refractivity contribution in [1.29, 1.82) is 0 Å². The average Bonchev–Trinajstić information content (AvgIpc) is 3.89. The van der Waals surface area contributed by atoms with Crippen molar-refractivity contribution in [3.05, 3.63) is 78.4 Å². The molecular formula is C36H27N3O6S3. The Balaban J connectivity index is 1.26. The molecule has 0 unspecified atom stereocenters. The molecule has 9 nitrogen and oxygen atoms in total. The van der Waals surface area contributed by atoms with Gasteiger partial charge < -0.3 is 18.9 Å². The number of benzene rings is 1. The third kappa shape index (κ3) is 6.13. The molecule has 0 N–H and O–H groups in total. The summed E-state index contributed by atoms with van der Waals surface area (Å²) in [7, 11) is 0. The number of thiophene rings is 3. The van der Waals surface area contributed by atoms with Crippen LogP contribution in [0.25, 0.3) is 63.1 Å². The van der Waals surface area contributed by atoms with Crippen LogP contribution < -0.4 is 18.9 Å². The third-order valence-corrected chi connectivity index (χ3v) is 10.7. The summed E-state index contributed by atoms with van der Waals surface area (Å²) in [5, 5.41) is 4.23. The molecule has 48 heavy (non-hydrogen) atoms. The van der Waals surface area contributed by atoms with Crippen LogP contribution in [0.3, 0.4) is 0 Å². The number of carbonyl (C=O) groups is 2. The van der Waals surface area contributed by atoms with Gasteiger partial charge in [0.25, 0.3) is 12.9 Å². The molecule has 0 atom stereocenters. The molecule has 0 aliphatic heterocycles. The van der Waals surface area contributed by atoms with E-state index < -0.39 is 0 Å². The molecular weight excluding hydrogens is 667 g/mol. The van der Waals surface area contributed by atoms with E-state index in [1.54, 1.807) is 64.5 Å². The van der Waals surface area contributed by atoms with Crippen molar-refractivity contribution in [2.45, 2.75) is 20.3 Å². The first-order chi connectivity index (χ1) is 23.6. The van der Waals surface area contributed by atoms with E-state index in [4.69, 9.17) is 23.9 Å². The second-order valence-electron chi connectivity index (χ2n) is 10.4. The minimum atomic E-state index is 0.275. The van der Waals surface area contributed by atoms with Crippen LogP contribution in [-0.2, 0) is 9.59 Å². The summed E-state index contributed by atoms with van der Waals surface area (Å²) in [6.45, 7) is 6.04. The fraction of sp³-hybridized carbons (Fsp3) is 0.139. The predicted octanol–water partition coefficient (Wildman–Crippen LogP) is 9.29. The number of carbonyl (C=O) groups excluding carboxylic acids is 2. The minimum absolute atomic E-state index is 0.275. The van der Waals surface area contributed by atoms with Crippen molar-refractivity contribution < 1.29 is 28.5 Å². The lowest BCUT2D eigenvalue weighted by molar-refractivity contribution is -0.121. The van der Waals surface area contributed by atoms with Gasteiger partial charge in [0.2, 0.25) is 0 Å². The number of aromatic nitrogens is 3. The molecule has 240 valence electrons. The van der Waals surface area contributed by atoms with Crippen molar-refractivity contribution in [3.63, 3.8) is 0 Å². The Hall–Kier alpha value is -5.17. The Bertz CT molecular complexity index is 2270. The summed E-state index contributed by atoms with van der Waals surface area (Å²) in [4.78, 5) is 39.1. The number of ether oxygens (including phenoxy) is 4. The summed E-state index contributed by atoms with van der Waals surface area (Å²) in [5.74, 6) is 2.41. The Morgan fingerprint density at radius 3 is 2.17 bits per heavy atom. The van der Waals surface area contributed by atoms with Gasteiger partial charge in [-0.05, 0) is 66.8 Å². The number of pyridine rings is 3. The molecule has 0 saturated carbocycles. The van der Waals surface area contributed by atoms with E-state index in [9.17, 15) is 9.59 Å². The van der Waals surface area contributed by atoms with Gasteiger partial charge in [0.15, 0.2) is 5.75 Å². The van der Waals surface area contributed by atoms with Gasteiger partial charge in [0.1, 0.15) is 17.2 Å². The van der Waals surface area contributed by atoms with Crippen molar-refractivity contribution in [2.75, 3.05) is 13.2 Å². The second kappa shape index (κ2) is 13.9. The maximum atomic E-state index is 11.2. The zero-order valence-electron chi connectivity index (χ0n) is 25.8. The lowest BCUT2D eigenvalue weighted by Gasteiger charge is -2.12. The van der Waals surface area contributed by atoms with Crippen molar-refractivity contribution in [3.8, 4) is 66.0 Å². The number of rotatable bonds is 13. The molecule has 7 rings (SSSR count). The summed E-state index contributed by atoms with van der Waals surface area (Å²) >= 11 is 5.08. The highest BCUT2D eigenvalue weighted by molar-refractivity contribution is 7.27. The molecule has 0 spiro atoms. The standard InChI is InChI=1S/C36H27N3O6S3/c1-3-12-43-34-35-24(9-13-46-35)33(42-4-2)25-18-32(48-36(25)34)31-6-5-30(47-31)21-7-10-37-26(14-21)28-16-23(45-20-41)17-29(39-28)27-15-22(44-19-40)8-11-38-27/h5-11,13-20H,3-4,12H2,1-2H3. The molecule has 0 saturated heterocycles. The zero-order valence-corrected chi connectivity index (χ0v) is 28.2. The molecule has 0 fully saturated rings. The van der Waals surface area contributed by atoms with Crippen LogP contribution in [0.1, 0.15) is 20.3 Å². The first kappa shape index (κ1) is 31.4. The molecule has 0 amide bonds. The third-order valence-electron chi connectivity index (χ3n) is 7.36. The van der Waals surface area contributed by atoms with E-state index in [-0.39, 0.29) is 5.75 Å². The number of hydrogen-bond donors (Lipinski definition) is 0. The van der Waals surface area contributed by atoms with E-state index in [1.165, 1.54) is 6.20 Å². The Morgan fingerprint density at radius 1 is 0.667 bits per heavy atom. The van der Waals surface area contributed by atoms with Gasteiger partial charge in [-0.15, -0.1) is 34.0 Å². The van der Waals surface area contributed by atoms with Crippen LogP contribution in [0, 0.1) is 0 Å². The molecule has 6 heterocycles. The van der Waals surface area contributed by atoms with Crippen LogP contribution >= 0.6 is 34.0 Å². The van der Waals surface area contributed by atoms with Gasteiger partial charge in [-0.3, -0.25) is 19.6 Å². The molecule has 0 aliphatic rings. The Kier molecular flexibility index (Phi) is 9.10. The van der Waals surface area contributed by atoms with Gasteiger partial charge in [-0.1, -0.05) is 6.92 Å². The highest BCUT2D eigenvalue weighted by Gasteiger charge is 2.21. The quantitative estimate of drug-likeness (QED) is 0.109. The summed E-state index contributed by atoms with van der Waals surface area (Å²) in [6, 6.07) is 18.8. The minimum Gasteiger partial charge on any atom is -0.493 e. The second-order valence-corrected chi connectivity index (χ2v) is 13.5. The SMILES string of the molecule is CCCOc1c2sccc2c(OCC)c2cc(-c3ccc(-c4ccnc(-c5cc(OC=O)cc(-c6cc(OC=O)ccn6)n5)c4)s3)sc12. The van der Waals surface area contributed by atoms with E-state index in [0.29, 0.717) is 54.7 Å². The first-order valence-corrected chi connectivity index (χ1v) is 17.6. The largest absolute Gasteiger partial charge is 0.493 e. The van der Waals surface area contributed by atoms with Gasteiger partial charge in [-0.2, -0.15) is 0 Å². The lowest BCUT2D eigenvalue weighted by Crippen LogP contribution is -1.97. The van der Waals surface area contributed by atoms with Crippen molar-refractivity contribution in [2.24, 2.45) is 0 Å². The molecule has 0 radical (unpaired) electrons. The Morgan fingerprint density at radius 2 is 1.40 bits per heavy atom. The maximum absolute atomic E-state index is 11.2. The maximum Gasteiger partial charge on any atom is 0.298 e. The van der Waals surface area contributed by atoms with Crippen molar-refractivity contribution >= 4 is 67.1 Å². The van der Waals surface area contributed by atoms with E-state index in [1.807, 2.05) is 19.1 Å². The molecule has 1 aromatic carbocycles. The fourth-order valence-electron chi connectivity index (χ4n) is 5.32. The fourth-order valence-corrected chi connectivity index (χ4v) is 8.52. The number of hydrogen-bond acceptors (Lipinski definition) is 12. The molecule has 6 aromatic heterocycles. The summed E-state index contributed by atoms with van der Waals surface area (Å²) in [6.07, 6.45) is 4.16. The summed E-state index contributed by atoms with van der Waals surface area (Å²) in [5.41, 5.74) is 2.89. The smallest absolute Gasteiger partial charge is 0.298 e. The van der Waals surface area contributed by atoms with Crippen LogP contribution in [0.5, 0.6) is 23.0 Å². The lowest BCUT2D eigenvalue weighted by atomic mass is 10.1. The zero-order chi connectivity index (χ0) is 33.0. The molecule has 0 bridgehead atoms. The average molecular weight is 694 g/mol. The monoisotopic (exact) mass is 693 g/mol. The number of nitrogens with zero attached hydrogens (tertiary/aromatic N) is 3. The van der Waals surface area contributed by atoms with Crippen LogP contribution in [-0.4, -0.2) is 41.1 Å². The van der Waals surface area contributed by atoms with Gasteiger partial charge in [0, 0.05) is 56.0 Å². The normalized spacial score (nSPS) is 11.1. The highest BCUT2D eigenvalue weighted by Crippen LogP contribution is 2.51. The number of fused-ring (bicyclic) bond motifs is 2. The predicted molar refractivity (Wildman–Crippen MR) is 191 cm³/mol. The van der Waals surface area contributed by atoms with Gasteiger partial charge in [-0.25, -0.2) is 4.98 Å². The van der Waals surface area contributed by atoms with E-state index in [0.717, 1.165) is 58.3 Å². The van der Waals surface area contributed by atoms with Crippen molar-refractivity contribution in [1.82, 2.24) is 15.0 Å².